The lowest BCUT2D eigenvalue weighted by Gasteiger charge is -2.19. The number of rotatable bonds is 6. The molecule has 1 aromatic carbocycles. The van der Waals surface area contributed by atoms with Gasteiger partial charge in [-0.3, -0.25) is 10.2 Å². The summed E-state index contributed by atoms with van der Waals surface area (Å²) in [6, 6.07) is 6.12. The van der Waals surface area contributed by atoms with Crippen LogP contribution in [-0.2, 0) is 4.79 Å². The highest BCUT2D eigenvalue weighted by atomic mass is 16.5. The second-order valence-corrected chi connectivity index (χ2v) is 5.08. The van der Waals surface area contributed by atoms with Crippen molar-refractivity contribution in [2.45, 2.75) is 52.6 Å². The number of amides is 1. The van der Waals surface area contributed by atoms with Crippen molar-refractivity contribution in [1.29, 1.82) is 0 Å². The number of carbonyl (C=O) groups is 1. The van der Waals surface area contributed by atoms with Gasteiger partial charge >= 0.3 is 0 Å². The third kappa shape index (κ3) is 4.24. The van der Waals surface area contributed by atoms with Crippen LogP contribution in [0.25, 0.3) is 0 Å². The molecule has 0 heterocycles. The molecule has 4 nitrogen and oxygen atoms in total. The molecule has 19 heavy (non-hydrogen) atoms. The monoisotopic (exact) mass is 264 g/mol. The van der Waals surface area contributed by atoms with Gasteiger partial charge in [0.25, 0.3) is 5.91 Å². The molecule has 0 aliphatic rings. The molecule has 1 aromatic rings. The molecule has 0 saturated carbocycles. The average Bonchev–Trinajstić information content (AvgIpc) is 2.39. The van der Waals surface area contributed by atoms with Crippen LogP contribution in [0, 0.1) is 6.92 Å². The van der Waals surface area contributed by atoms with Crippen LogP contribution in [0.1, 0.15) is 50.7 Å². The fourth-order valence-electron chi connectivity index (χ4n) is 1.85. The number of nitrogens with one attached hydrogen (secondary N) is 1. The second kappa shape index (κ2) is 7.14. The number of hydrazine groups is 1. The summed E-state index contributed by atoms with van der Waals surface area (Å²) >= 11 is 0. The minimum Gasteiger partial charge on any atom is -0.480 e. The van der Waals surface area contributed by atoms with Gasteiger partial charge in [-0.05, 0) is 36.5 Å². The van der Waals surface area contributed by atoms with Gasteiger partial charge in [0.05, 0.1) is 0 Å². The van der Waals surface area contributed by atoms with Crippen molar-refractivity contribution in [3.8, 4) is 5.75 Å². The first-order valence-corrected chi connectivity index (χ1v) is 6.77. The molecular weight excluding hydrogens is 240 g/mol. The SMILES string of the molecule is CCCC(Oc1cc(C(C)C)ccc1C)C(=O)NN. The van der Waals surface area contributed by atoms with Crippen molar-refractivity contribution in [2.75, 3.05) is 0 Å². The molecule has 1 atom stereocenters. The van der Waals surface area contributed by atoms with E-state index < -0.39 is 6.10 Å². The lowest BCUT2D eigenvalue weighted by molar-refractivity contribution is -0.128. The third-order valence-electron chi connectivity index (χ3n) is 3.13. The highest BCUT2D eigenvalue weighted by Crippen LogP contribution is 2.25. The molecule has 3 N–H and O–H groups in total. The highest BCUT2D eigenvalue weighted by Gasteiger charge is 2.19. The Morgan fingerprint density at radius 2 is 2.11 bits per heavy atom. The largest absolute Gasteiger partial charge is 0.480 e. The fourth-order valence-corrected chi connectivity index (χ4v) is 1.85. The van der Waals surface area contributed by atoms with E-state index in [1.165, 1.54) is 5.56 Å². The maximum absolute atomic E-state index is 11.7. The van der Waals surface area contributed by atoms with E-state index in [4.69, 9.17) is 10.6 Å². The Morgan fingerprint density at radius 1 is 1.42 bits per heavy atom. The van der Waals surface area contributed by atoms with Crippen LogP contribution < -0.4 is 16.0 Å². The smallest absolute Gasteiger partial charge is 0.274 e. The van der Waals surface area contributed by atoms with Gasteiger partial charge < -0.3 is 4.74 Å². The van der Waals surface area contributed by atoms with E-state index in [-0.39, 0.29) is 5.91 Å². The number of benzene rings is 1. The topological polar surface area (TPSA) is 64.3 Å². The Bertz CT molecular complexity index is 430. The standard InChI is InChI=1S/C15H24N2O2/c1-5-6-13(15(18)17-16)19-14-9-12(10(2)3)8-7-11(14)4/h7-10,13H,5-6,16H2,1-4H3,(H,17,18). The van der Waals surface area contributed by atoms with Crippen LogP contribution in [-0.4, -0.2) is 12.0 Å². The number of hydrogen-bond donors (Lipinski definition) is 2. The Hall–Kier alpha value is -1.55. The first-order valence-electron chi connectivity index (χ1n) is 6.77. The molecule has 0 aromatic heterocycles. The fraction of sp³-hybridized carbons (Fsp3) is 0.533. The number of nitrogens with two attached hydrogens (primary N) is 1. The minimum absolute atomic E-state index is 0.281. The zero-order valence-corrected chi connectivity index (χ0v) is 12.2. The molecule has 0 aliphatic carbocycles. The van der Waals surface area contributed by atoms with Gasteiger partial charge in [0.2, 0.25) is 0 Å². The van der Waals surface area contributed by atoms with E-state index in [9.17, 15) is 4.79 Å². The lowest BCUT2D eigenvalue weighted by atomic mass is 10.0. The van der Waals surface area contributed by atoms with Gasteiger partial charge in [-0.15, -0.1) is 0 Å². The second-order valence-electron chi connectivity index (χ2n) is 5.08. The van der Waals surface area contributed by atoms with E-state index in [0.29, 0.717) is 12.3 Å². The van der Waals surface area contributed by atoms with E-state index in [1.807, 2.05) is 26.0 Å². The van der Waals surface area contributed by atoms with Gasteiger partial charge in [0, 0.05) is 0 Å². The lowest BCUT2D eigenvalue weighted by Crippen LogP contribution is -2.42. The summed E-state index contributed by atoms with van der Waals surface area (Å²) in [6.07, 6.45) is 0.978. The first-order chi connectivity index (χ1) is 8.99. The number of aryl methyl sites for hydroxylation is 1. The normalized spacial score (nSPS) is 12.3. The summed E-state index contributed by atoms with van der Waals surface area (Å²) in [5.41, 5.74) is 4.38. The molecule has 4 heteroatoms. The van der Waals surface area contributed by atoms with Crippen molar-refractivity contribution in [3.05, 3.63) is 29.3 Å². The van der Waals surface area contributed by atoms with Crippen LogP contribution in [0.2, 0.25) is 0 Å². The zero-order valence-electron chi connectivity index (χ0n) is 12.2. The highest BCUT2D eigenvalue weighted by molar-refractivity contribution is 5.80. The molecule has 0 radical (unpaired) electrons. The molecule has 0 saturated heterocycles. The van der Waals surface area contributed by atoms with E-state index in [1.54, 1.807) is 0 Å². The van der Waals surface area contributed by atoms with Gasteiger partial charge in [-0.25, -0.2) is 5.84 Å². The van der Waals surface area contributed by atoms with E-state index >= 15 is 0 Å². The molecule has 1 amide bonds. The van der Waals surface area contributed by atoms with Gasteiger partial charge in [0.1, 0.15) is 5.75 Å². The maximum atomic E-state index is 11.7. The van der Waals surface area contributed by atoms with E-state index in [2.05, 4.69) is 25.3 Å². The molecule has 1 rings (SSSR count). The number of carbonyl (C=O) groups excluding carboxylic acids is 1. The Balaban J connectivity index is 2.94. The molecule has 0 bridgehead atoms. The predicted molar refractivity (Wildman–Crippen MR) is 76.9 cm³/mol. The average molecular weight is 264 g/mol. The summed E-state index contributed by atoms with van der Waals surface area (Å²) in [5, 5.41) is 0. The quantitative estimate of drug-likeness (QED) is 0.471. The number of ether oxygens (including phenoxy) is 1. The zero-order chi connectivity index (χ0) is 14.4. The van der Waals surface area contributed by atoms with Crippen molar-refractivity contribution in [2.24, 2.45) is 5.84 Å². The van der Waals surface area contributed by atoms with Crippen molar-refractivity contribution in [1.82, 2.24) is 5.43 Å². The van der Waals surface area contributed by atoms with Crippen molar-refractivity contribution < 1.29 is 9.53 Å². The summed E-state index contributed by atoms with van der Waals surface area (Å²) in [7, 11) is 0. The molecule has 0 spiro atoms. The van der Waals surface area contributed by atoms with Crippen molar-refractivity contribution >= 4 is 5.91 Å². The van der Waals surface area contributed by atoms with Gasteiger partial charge in [0.15, 0.2) is 6.10 Å². The van der Waals surface area contributed by atoms with Crippen LogP contribution in [0.4, 0.5) is 0 Å². The van der Waals surface area contributed by atoms with Crippen LogP contribution in [0.3, 0.4) is 0 Å². The molecule has 106 valence electrons. The molecular formula is C15H24N2O2. The summed E-state index contributed by atoms with van der Waals surface area (Å²) in [6.45, 7) is 8.25. The summed E-state index contributed by atoms with van der Waals surface area (Å²) < 4.78 is 5.84. The summed E-state index contributed by atoms with van der Waals surface area (Å²) in [5.74, 6) is 6.10. The number of hydrogen-bond acceptors (Lipinski definition) is 3. The maximum Gasteiger partial charge on any atom is 0.274 e. The van der Waals surface area contributed by atoms with Gasteiger partial charge in [-0.2, -0.15) is 0 Å². The first kappa shape index (κ1) is 15.5. The van der Waals surface area contributed by atoms with Crippen LogP contribution in [0.15, 0.2) is 18.2 Å². The molecule has 0 fully saturated rings. The van der Waals surface area contributed by atoms with Crippen LogP contribution in [0.5, 0.6) is 5.75 Å². The van der Waals surface area contributed by atoms with Crippen molar-refractivity contribution in [3.63, 3.8) is 0 Å². The Labute approximate surface area is 115 Å². The van der Waals surface area contributed by atoms with Gasteiger partial charge in [-0.1, -0.05) is 39.3 Å². The Kier molecular flexibility index (Phi) is 5.83. The minimum atomic E-state index is -0.531. The molecule has 1 unspecified atom stereocenters. The predicted octanol–water partition coefficient (Wildman–Crippen LogP) is 2.66. The summed E-state index contributed by atoms with van der Waals surface area (Å²) in [4.78, 5) is 11.7. The molecule has 0 aliphatic heterocycles. The van der Waals surface area contributed by atoms with E-state index in [0.717, 1.165) is 17.7 Å². The third-order valence-corrected chi connectivity index (χ3v) is 3.13. The van der Waals surface area contributed by atoms with Crippen LogP contribution >= 0.6 is 0 Å². The Morgan fingerprint density at radius 3 is 2.63 bits per heavy atom.